The van der Waals surface area contributed by atoms with Gasteiger partial charge in [-0.15, -0.1) is 6.58 Å². The smallest absolute Gasteiger partial charge is 0.335 e. The van der Waals surface area contributed by atoms with E-state index in [0.717, 1.165) is 16.0 Å². The van der Waals surface area contributed by atoms with E-state index in [1.54, 1.807) is 0 Å². The van der Waals surface area contributed by atoms with Crippen molar-refractivity contribution in [3.63, 3.8) is 0 Å². The second kappa shape index (κ2) is 7.74. The van der Waals surface area contributed by atoms with E-state index in [1.807, 2.05) is 38.1 Å². The molecule has 1 N–H and O–H groups in total. The zero-order chi connectivity index (χ0) is 18.6. The van der Waals surface area contributed by atoms with Gasteiger partial charge in [-0.2, -0.15) is 0 Å². The number of amides is 5. The number of nitrogens with zero attached hydrogens (tertiary/aromatic N) is 2. The highest BCUT2D eigenvalue weighted by Gasteiger charge is 2.44. The van der Waals surface area contributed by atoms with Crippen LogP contribution in [0.15, 0.2) is 36.9 Å². The van der Waals surface area contributed by atoms with Gasteiger partial charge >= 0.3 is 17.8 Å². The third-order valence-corrected chi connectivity index (χ3v) is 3.97. The Bertz CT molecular complexity index is 712. The average Bonchev–Trinajstić information content (AvgIpc) is 2.79. The van der Waals surface area contributed by atoms with Crippen LogP contribution in [-0.2, 0) is 14.4 Å². The van der Waals surface area contributed by atoms with Crippen LogP contribution in [0.3, 0.4) is 0 Å². The van der Waals surface area contributed by atoms with Gasteiger partial charge in [-0.05, 0) is 18.9 Å². The maximum atomic E-state index is 12.3. The number of aryl methyl sites for hydroxylation is 1. The van der Waals surface area contributed by atoms with E-state index in [1.165, 1.54) is 6.08 Å². The minimum absolute atomic E-state index is 0.0670. The highest BCUT2D eigenvalue weighted by molar-refractivity contribution is 6.45. The number of carbonyl (C=O) groups excluding carboxylic acids is 4. The summed E-state index contributed by atoms with van der Waals surface area (Å²) in [5, 5.41) is 2.80. The van der Waals surface area contributed by atoms with Crippen LogP contribution >= 0.6 is 0 Å². The first kappa shape index (κ1) is 18.4. The van der Waals surface area contributed by atoms with E-state index in [9.17, 15) is 19.2 Å². The number of nitrogens with one attached hydrogen (secondary N) is 1. The topological polar surface area (TPSA) is 86.8 Å². The molecule has 2 rings (SSSR count). The fourth-order valence-electron chi connectivity index (χ4n) is 2.58. The number of imide groups is 2. The number of rotatable bonds is 7. The molecular formula is C18H21N3O4. The summed E-state index contributed by atoms with van der Waals surface area (Å²) in [5.74, 6) is -2.43. The Kier molecular flexibility index (Phi) is 5.69. The molecule has 0 bridgehead atoms. The molecule has 0 spiro atoms. The van der Waals surface area contributed by atoms with Crippen molar-refractivity contribution in [3.05, 3.63) is 48.0 Å². The van der Waals surface area contributed by atoms with E-state index in [4.69, 9.17) is 0 Å². The maximum Gasteiger partial charge on any atom is 0.335 e. The molecule has 1 aromatic rings. The molecule has 0 saturated carbocycles. The molecule has 1 aromatic carbocycles. The predicted octanol–water partition coefficient (Wildman–Crippen LogP) is 1.54. The van der Waals surface area contributed by atoms with Gasteiger partial charge in [-0.3, -0.25) is 19.3 Å². The summed E-state index contributed by atoms with van der Waals surface area (Å²) < 4.78 is 0. The highest BCUT2D eigenvalue weighted by atomic mass is 16.2. The maximum absolute atomic E-state index is 12.3. The summed E-state index contributed by atoms with van der Waals surface area (Å²) in [6.07, 6.45) is 2.00. The molecule has 0 aliphatic carbocycles. The molecule has 5 amide bonds. The van der Waals surface area contributed by atoms with Crippen LogP contribution in [0.1, 0.15) is 30.5 Å². The molecule has 1 aliphatic heterocycles. The lowest BCUT2D eigenvalue weighted by Crippen LogP contribution is -2.42. The van der Waals surface area contributed by atoms with E-state index < -0.39 is 30.3 Å². The Morgan fingerprint density at radius 1 is 1.16 bits per heavy atom. The quantitative estimate of drug-likeness (QED) is 0.462. The highest BCUT2D eigenvalue weighted by Crippen LogP contribution is 2.18. The Balaban J connectivity index is 2.04. The van der Waals surface area contributed by atoms with Crippen molar-refractivity contribution in [1.82, 2.24) is 15.1 Å². The first-order valence-electron chi connectivity index (χ1n) is 8.03. The molecule has 1 heterocycles. The first-order chi connectivity index (χ1) is 11.9. The lowest BCUT2D eigenvalue weighted by atomic mass is 10.0. The Morgan fingerprint density at radius 2 is 1.76 bits per heavy atom. The minimum atomic E-state index is -0.995. The number of urea groups is 1. The van der Waals surface area contributed by atoms with Crippen LogP contribution in [0.5, 0.6) is 0 Å². The predicted molar refractivity (Wildman–Crippen MR) is 91.4 cm³/mol. The standard InChI is InChI=1S/C18H21N3O4/c1-4-10-20-16(23)17(24)21(18(20)25)11-15(22)19-14(5-2)13-8-6-12(3)7-9-13/h4,6-9,14H,1,5,10-11H2,2-3H3,(H,19,22)/t14-/m0/s1. The van der Waals surface area contributed by atoms with E-state index >= 15 is 0 Å². The van der Waals surface area contributed by atoms with Crippen LogP contribution in [0.25, 0.3) is 0 Å². The molecule has 7 nitrogen and oxygen atoms in total. The summed E-state index contributed by atoms with van der Waals surface area (Å²) in [7, 11) is 0. The summed E-state index contributed by atoms with van der Waals surface area (Å²) in [6.45, 7) is 6.78. The number of hydrogen-bond acceptors (Lipinski definition) is 4. The summed E-state index contributed by atoms with van der Waals surface area (Å²) in [6, 6.07) is 6.71. The van der Waals surface area contributed by atoms with Crippen molar-refractivity contribution < 1.29 is 19.2 Å². The van der Waals surface area contributed by atoms with Crippen LogP contribution in [0.2, 0.25) is 0 Å². The molecular weight excluding hydrogens is 322 g/mol. The summed E-state index contributed by atoms with van der Waals surface area (Å²) >= 11 is 0. The SMILES string of the molecule is C=CCN1C(=O)C(=O)N(CC(=O)N[C@@H](CC)c2ccc(C)cc2)C1=O. The summed E-state index contributed by atoms with van der Waals surface area (Å²) in [4.78, 5) is 49.4. The average molecular weight is 343 g/mol. The first-order valence-corrected chi connectivity index (χ1v) is 8.03. The van der Waals surface area contributed by atoms with Gasteiger partial charge in [0.05, 0.1) is 6.04 Å². The number of benzene rings is 1. The van der Waals surface area contributed by atoms with Crippen LogP contribution in [0, 0.1) is 6.92 Å². The Hall–Kier alpha value is -2.96. The summed E-state index contributed by atoms with van der Waals surface area (Å²) in [5.41, 5.74) is 2.05. The van der Waals surface area contributed by atoms with Crippen molar-refractivity contribution in [2.24, 2.45) is 0 Å². The lowest BCUT2D eigenvalue weighted by molar-refractivity contribution is -0.143. The zero-order valence-electron chi connectivity index (χ0n) is 14.3. The molecule has 0 aromatic heterocycles. The van der Waals surface area contributed by atoms with Crippen molar-refractivity contribution in [2.45, 2.75) is 26.3 Å². The largest absolute Gasteiger partial charge is 0.348 e. The van der Waals surface area contributed by atoms with Crippen molar-refractivity contribution in [3.8, 4) is 0 Å². The molecule has 1 fully saturated rings. The van der Waals surface area contributed by atoms with Crippen LogP contribution in [-0.4, -0.2) is 46.6 Å². The molecule has 7 heteroatoms. The van der Waals surface area contributed by atoms with Gasteiger partial charge in [-0.1, -0.05) is 42.8 Å². The van der Waals surface area contributed by atoms with Crippen LogP contribution < -0.4 is 5.32 Å². The fourth-order valence-corrected chi connectivity index (χ4v) is 2.58. The van der Waals surface area contributed by atoms with Gasteiger partial charge in [0, 0.05) is 6.54 Å². The molecule has 1 aliphatic rings. The van der Waals surface area contributed by atoms with Gasteiger partial charge in [-0.25, -0.2) is 9.69 Å². The van der Waals surface area contributed by atoms with Crippen LogP contribution in [0.4, 0.5) is 4.79 Å². The van der Waals surface area contributed by atoms with Crippen molar-refractivity contribution in [1.29, 1.82) is 0 Å². The van der Waals surface area contributed by atoms with E-state index in [0.29, 0.717) is 11.3 Å². The van der Waals surface area contributed by atoms with Gasteiger partial charge in [0.2, 0.25) is 5.91 Å². The van der Waals surface area contributed by atoms with Gasteiger partial charge < -0.3 is 5.32 Å². The zero-order valence-corrected chi connectivity index (χ0v) is 14.3. The monoisotopic (exact) mass is 343 g/mol. The minimum Gasteiger partial charge on any atom is -0.348 e. The third-order valence-electron chi connectivity index (χ3n) is 3.97. The second-order valence-electron chi connectivity index (χ2n) is 5.82. The van der Waals surface area contributed by atoms with Gasteiger partial charge in [0.15, 0.2) is 0 Å². The molecule has 132 valence electrons. The fraction of sp³-hybridized carbons (Fsp3) is 0.333. The van der Waals surface area contributed by atoms with Gasteiger partial charge in [0.1, 0.15) is 6.54 Å². The van der Waals surface area contributed by atoms with Gasteiger partial charge in [0.25, 0.3) is 0 Å². The Morgan fingerprint density at radius 3 is 2.32 bits per heavy atom. The van der Waals surface area contributed by atoms with E-state index in [2.05, 4.69) is 11.9 Å². The molecule has 0 radical (unpaired) electrons. The number of carbonyl (C=O) groups is 4. The third kappa shape index (κ3) is 3.93. The number of hydrogen-bond donors (Lipinski definition) is 1. The second-order valence-corrected chi connectivity index (χ2v) is 5.82. The molecule has 25 heavy (non-hydrogen) atoms. The van der Waals surface area contributed by atoms with Crippen molar-refractivity contribution >= 4 is 23.8 Å². The molecule has 0 unspecified atom stereocenters. The van der Waals surface area contributed by atoms with E-state index in [-0.39, 0.29) is 12.6 Å². The Labute approximate surface area is 146 Å². The molecule has 1 atom stereocenters. The van der Waals surface area contributed by atoms with Crippen molar-refractivity contribution in [2.75, 3.05) is 13.1 Å². The lowest BCUT2D eigenvalue weighted by Gasteiger charge is -2.20. The normalized spacial score (nSPS) is 15.5. The molecule has 1 saturated heterocycles.